The second kappa shape index (κ2) is 6.12. The van der Waals surface area contributed by atoms with Crippen LogP contribution in [0.1, 0.15) is 22.5 Å². The van der Waals surface area contributed by atoms with Crippen molar-refractivity contribution < 1.29 is 12.8 Å². The van der Waals surface area contributed by atoms with Gasteiger partial charge >= 0.3 is 0 Å². The summed E-state index contributed by atoms with van der Waals surface area (Å²) in [5, 5.41) is 8.73. The maximum atomic E-state index is 12.3. The number of aryl methyl sites for hydroxylation is 1. The van der Waals surface area contributed by atoms with E-state index in [0.29, 0.717) is 11.1 Å². The first kappa shape index (κ1) is 15.3. The van der Waals surface area contributed by atoms with E-state index >= 15 is 0 Å². The van der Waals surface area contributed by atoms with Crippen molar-refractivity contribution >= 4 is 10.0 Å². The molecule has 2 rings (SSSR count). The zero-order valence-corrected chi connectivity index (χ0v) is 12.7. The third-order valence-corrected chi connectivity index (χ3v) is 5.04. The lowest BCUT2D eigenvalue weighted by Crippen LogP contribution is -2.27. The van der Waals surface area contributed by atoms with E-state index in [9.17, 15) is 8.42 Å². The molecule has 1 heterocycles. The minimum Gasteiger partial charge on any atom is -0.469 e. The summed E-state index contributed by atoms with van der Waals surface area (Å²) in [5.41, 5.74) is 2.02. The molecule has 2 aromatic rings. The second-order valence-corrected chi connectivity index (χ2v) is 6.90. The summed E-state index contributed by atoms with van der Waals surface area (Å²) in [5.74, 6) is 0.627. The van der Waals surface area contributed by atoms with E-state index in [-0.39, 0.29) is 12.3 Å². The molecule has 0 bridgehead atoms. The Labute approximate surface area is 124 Å². The Balaban J connectivity index is 2.10. The van der Waals surface area contributed by atoms with Gasteiger partial charge in [-0.1, -0.05) is 12.1 Å². The third kappa shape index (κ3) is 3.72. The average Bonchev–Trinajstić information content (AvgIpc) is 2.85. The van der Waals surface area contributed by atoms with Gasteiger partial charge in [-0.15, -0.1) is 0 Å². The number of rotatable bonds is 5. The molecule has 0 aliphatic heterocycles. The molecule has 0 fully saturated rings. The van der Waals surface area contributed by atoms with Crippen LogP contribution in [-0.4, -0.2) is 19.8 Å². The van der Waals surface area contributed by atoms with Gasteiger partial charge in [0.25, 0.3) is 0 Å². The minimum atomic E-state index is -3.42. The molecular formula is C15H16N2O3S. The van der Waals surface area contributed by atoms with Crippen molar-refractivity contribution in [3.05, 3.63) is 59.0 Å². The number of furan rings is 1. The van der Waals surface area contributed by atoms with Crippen LogP contribution in [0.5, 0.6) is 0 Å². The highest BCUT2D eigenvalue weighted by Gasteiger charge is 2.20. The molecular weight excluding hydrogens is 288 g/mol. The molecule has 0 saturated carbocycles. The predicted octanol–water partition coefficient (Wildman–Crippen LogP) is 2.42. The van der Waals surface area contributed by atoms with E-state index in [0.717, 1.165) is 11.3 Å². The zero-order chi connectivity index (χ0) is 15.5. The molecule has 0 atom stereocenters. The van der Waals surface area contributed by atoms with Gasteiger partial charge in [0.15, 0.2) is 0 Å². The van der Waals surface area contributed by atoms with Gasteiger partial charge in [-0.2, -0.15) is 5.26 Å². The number of nitriles is 1. The third-order valence-electron chi connectivity index (χ3n) is 3.27. The lowest BCUT2D eigenvalue weighted by molar-refractivity contribution is 0.458. The largest absolute Gasteiger partial charge is 0.469 e. The van der Waals surface area contributed by atoms with Crippen molar-refractivity contribution in [2.45, 2.75) is 19.2 Å². The van der Waals surface area contributed by atoms with Gasteiger partial charge in [-0.3, -0.25) is 0 Å². The first-order valence-corrected chi connectivity index (χ1v) is 7.99. The fourth-order valence-electron chi connectivity index (χ4n) is 1.91. The number of hydrogen-bond donors (Lipinski definition) is 0. The van der Waals surface area contributed by atoms with E-state index in [1.165, 1.54) is 4.31 Å². The smallest absolute Gasteiger partial charge is 0.218 e. The highest BCUT2D eigenvalue weighted by atomic mass is 32.2. The topological polar surface area (TPSA) is 74.3 Å². The normalized spacial score (nSPS) is 11.5. The van der Waals surface area contributed by atoms with Crippen molar-refractivity contribution in [3.8, 4) is 6.07 Å². The molecule has 0 aliphatic rings. The van der Waals surface area contributed by atoms with Crippen molar-refractivity contribution in [2.75, 3.05) is 7.05 Å². The van der Waals surface area contributed by atoms with Crippen LogP contribution >= 0.6 is 0 Å². The monoisotopic (exact) mass is 304 g/mol. The maximum absolute atomic E-state index is 12.3. The molecule has 5 nitrogen and oxygen atoms in total. The van der Waals surface area contributed by atoms with E-state index < -0.39 is 10.0 Å². The van der Waals surface area contributed by atoms with Crippen LogP contribution in [-0.2, 0) is 22.3 Å². The van der Waals surface area contributed by atoms with Crippen LogP contribution in [0.25, 0.3) is 0 Å². The lowest BCUT2D eigenvalue weighted by Gasteiger charge is -2.16. The fourth-order valence-corrected chi connectivity index (χ4v) is 3.08. The van der Waals surface area contributed by atoms with E-state index in [1.807, 2.05) is 6.07 Å². The highest BCUT2D eigenvalue weighted by Crippen LogP contribution is 2.16. The molecule has 0 amide bonds. The van der Waals surface area contributed by atoms with Crippen LogP contribution in [0.3, 0.4) is 0 Å². The van der Waals surface area contributed by atoms with Gasteiger partial charge in [0, 0.05) is 19.2 Å². The second-order valence-electron chi connectivity index (χ2n) is 4.82. The Hall–Kier alpha value is -2.10. The molecule has 0 unspecified atom stereocenters. The Kier molecular flexibility index (Phi) is 4.46. The summed E-state index contributed by atoms with van der Waals surface area (Å²) < 4.78 is 31.1. The summed E-state index contributed by atoms with van der Waals surface area (Å²) in [6.45, 7) is 2.08. The van der Waals surface area contributed by atoms with Crippen molar-refractivity contribution in [1.29, 1.82) is 5.26 Å². The van der Waals surface area contributed by atoms with Crippen LogP contribution in [0.2, 0.25) is 0 Å². The standard InChI is InChI=1S/C15H16N2O3S/c1-12-15(7-8-20-12)10-17(2)21(18,19)11-14-5-3-13(9-16)4-6-14/h3-8H,10-11H2,1-2H3. The lowest BCUT2D eigenvalue weighted by atomic mass is 10.2. The van der Waals surface area contributed by atoms with Gasteiger partial charge in [0.05, 0.1) is 23.6 Å². The molecule has 110 valence electrons. The SMILES string of the molecule is Cc1occc1CN(C)S(=O)(=O)Cc1ccc(C#N)cc1. The van der Waals surface area contributed by atoms with E-state index in [2.05, 4.69) is 0 Å². The van der Waals surface area contributed by atoms with Crippen molar-refractivity contribution in [2.24, 2.45) is 0 Å². The predicted molar refractivity (Wildman–Crippen MR) is 78.7 cm³/mol. The van der Waals surface area contributed by atoms with Crippen molar-refractivity contribution in [1.82, 2.24) is 4.31 Å². The van der Waals surface area contributed by atoms with E-state index in [1.54, 1.807) is 50.6 Å². The molecule has 0 aliphatic carbocycles. The van der Waals surface area contributed by atoms with Gasteiger partial charge in [-0.25, -0.2) is 12.7 Å². The number of sulfonamides is 1. The molecule has 0 N–H and O–H groups in total. The Morgan fingerprint density at radius 3 is 2.43 bits per heavy atom. The maximum Gasteiger partial charge on any atom is 0.218 e. The number of hydrogen-bond acceptors (Lipinski definition) is 4. The zero-order valence-electron chi connectivity index (χ0n) is 11.9. The Bertz CT molecular complexity index is 755. The first-order valence-electron chi connectivity index (χ1n) is 6.38. The summed E-state index contributed by atoms with van der Waals surface area (Å²) in [6.07, 6.45) is 1.55. The molecule has 6 heteroatoms. The fraction of sp³-hybridized carbons (Fsp3) is 0.267. The van der Waals surface area contributed by atoms with E-state index in [4.69, 9.17) is 9.68 Å². The average molecular weight is 304 g/mol. The summed E-state index contributed by atoms with van der Waals surface area (Å²) in [6, 6.07) is 10.3. The Morgan fingerprint density at radius 1 is 1.24 bits per heavy atom. The Morgan fingerprint density at radius 2 is 1.90 bits per heavy atom. The molecule has 21 heavy (non-hydrogen) atoms. The number of benzene rings is 1. The van der Waals surface area contributed by atoms with Gasteiger partial charge in [0.1, 0.15) is 5.76 Å². The van der Waals surface area contributed by atoms with Crippen LogP contribution in [0, 0.1) is 18.3 Å². The summed E-state index contributed by atoms with van der Waals surface area (Å²) >= 11 is 0. The summed E-state index contributed by atoms with van der Waals surface area (Å²) in [7, 11) is -1.87. The van der Waals surface area contributed by atoms with Crippen LogP contribution in [0.15, 0.2) is 41.0 Å². The van der Waals surface area contributed by atoms with Gasteiger partial charge in [0.2, 0.25) is 10.0 Å². The molecule has 0 spiro atoms. The molecule has 1 aromatic heterocycles. The quantitative estimate of drug-likeness (QED) is 0.850. The van der Waals surface area contributed by atoms with Crippen LogP contribution in [0.4, 0.5) is 0 Å². The van der Waals surface area contributed by atoms with Gasteiger partial charge in [-0.05, 0) is 30.7 Å². The van der Waals surface area contributed by atoms with Crippen molar-refractivity contribution in [3.63, 3.8) is 0 Å². The summed E-state index contributed by atoms with van der Waals surface area (Å²) in [4.78, 5) is 0. The van der Waals surface area contributed by atoms with Gasteiger partial charge < -0.3 is 4.42 Å². The molecule has 0 radical (unpaired) electrons. The molecule has 1 aromatic carbocycles. The minimum absolute atomic E-state index is 0.0912. The number of nitrogens with zero attached hydrogens (tertiary/aromatic N) is 2. The first-order chi connectivity index (χ1) is 9.92. The molecule has 0 saturated heterocycles. The van der Waals surface area contributed by atoms with Crippen LogP contribution < -0.4 is 0 Å². The highest BCUT2D eigenvalue weighted by molar-refractivity contribution is 7.88.